The molecule has 3 rings (SSSR count). The number of aromatic nitrogens is 1. The van der Waals surface area contributed by atoms with Crippen LogP contribution in [0.2, 0.25) is 0 Å². The van der Waals surface area contributed by atoms with Crippen LogP contribution in [0.15, 0.2) is 42.5 Å². The number of rotatable bonds is 0. The van der Waals surface area contributed by atoms with Crippen LogP contribution in [0.25, 0.3) is 11.3 Å². The maximum atomic E-state index is 2.37. The van der Waals surface area contributed by atoms with Crippen molar-refractivity contribution in [3.05, 3.63) is 53.7 Å². The Labute approximate surface area is 83.6 Å². The van der Waals surface area contributed by atoms with Gasteiger partial charge >= 0.3 is 0 Å². The van der Waals surface area contributed by atoms with Crippen LogP contribution in [0, 0.1) is 6.92 Å². The Hall–Kier alpha value is -1.63. The molecule has 0 aliphatic carbocycles. The van der Waals surface area contributed by atoms with Crippen LogP contribution >= 0.6 is 0 Å². The molecule has 1 aliphatic rings. The summed E-state index contributed by atoms with van der Waals surface area (Å²) in [6.45, 7) is 3.19. The van der Waals surface area contributed by atoms with Gasteiger partial charge in [-0.1, -0.05) is 18.2 Å². The van der Waals surface area contributed by atoms with Gasteiger partial charge in [-0.05, 0) is 12.1 Å². The van der Waals surface area contributed by atoms with Crippen molar-refractivity contribution in [1.29, 1.82) is 0 Å². The van der Waals surface area contributed by atoms with Gasteiger partial charge in [0.1, 0.15) is 0 Å². The Morgan fingerprint density at radius 3 is 2.79 bits per heavy atom. The molecule has 0 unspecified atom stereocenters. The van der Waals surface area contributed by atoms with E-state index in [0.29, 0.717) is 0 Å². The summed E-state index contributed by atoms with van der Waals surface area (Å²) in [5.74, 6) is 0. The number of aryl methyl sites for hydroxylation is 1. The highest BCUT2D eigenvalue weighted by molar-refractivity contribution is 5.62. The largest absolute Gasteiger partial charge is 0.213 e. The van der Waals surface area contributed by atoms with Gasteiger partial charge in [0, 0.05) is 24.6 Å². The lowest BCUT2D eigenvalue weighted by Crippen LogP contribution is -2.35. The zero-order valence-electron chi connectivity index (χ0n) is 8.20. The minimum atomic E-state index is 1.03. The third kappa shape index (κ3) is 0.925. The zero-order chi connectivity index (χ0) is 9.54. The highest BCUT2D eigenvalue weighted by Crippen LogP contribution is 2.25. The predicted octanol–water partition coefficient (Wildman–Crippen LogP) is 2.31. The van der Waals surface area contributed by atoms with Crippen LogP contribution in [0.4, 0.5) is 0 Å². The SMILES string of the molecule is Cc1cccc2[n+]1Cc1ccccc1-2. The second-order valence-electron chi connectivity index (χ2n) is 3.80. The first kappa shape index (κ1) is 7.74. The predicted molar refractivity (Wildman–Crippen MR) is 55.9 cm³/mol. The van der Waals surface area contributed by atoms with Crippen molar-refractivity contribution in [1.82, 2.24) is 0 Å². The first-order chi connectivity index (χ1) is 6.86. The first-order valence-corrected chi connectivity index (χ1v) is 4.94. The number of fused-ring (bicyclic) bond motifs is 3. The molecule has 1 aromatic carbocycles. The Kier molecular flexibility index (Phi) is 1.48. The standard InChI is InChI=1S/C13H12N/c1-10-5-4-8-13-12-7-3-2-6-11(12)9-14(10)13/h2-8H,9H2,1H3/q+1. The lowest BCUT2D eigenvalue weighted by atomic mass is 10.1. The quantitative estimate of drug-likeness (QED) is 0.470. The summed E-state index contributed by atoms with van der Waals surface area (Å²) in [5.41, 5.74) is 5.50. The molecule has 1 aromatic heterocycles. The molecule has 0 radical (unpaired) electrons. The summed E-state index contributed by atoms with van der Waals surface area (Å²) in [7, 11) is 0. The van der Waals surface area contributed by atoms with Crippen LogP contribution in [-0.2, 0) is 6.54 Å². The van der Waals surface area contributed by atoms with Crippen molar-refractivity contribution in [3.8, 4) is 11.3 Å². The normalized spacial score (nSPS) is 12.4. The highest BCUT2D eigenvalue weighted by Gasteiger charge is 2.26. The van der Waals surface area contributed by atoms with E-state index in [9.17, 15) is 0 Å². The lowest BCUT2D eigenvalue weighted by Gasteiger charge is -1.95. The molecule has 0 atom stereocenters. The maximum absolute atomic E-state index is 2.37. The molecule has 1 nitrogen and oxygen atoms in total. The molecule has 2 aromatic rings. The average Bonchev–Trinajstić information content (AvgIpc) is 2.59. The van der Waals surface area contributed by atoms with Crippen LogP contribution in [-0.4, -0.2) is 0 Å². The van der Waals surface area contributed by atoms with Gasteiger partial charge in [0.25, 0.3) is 0 Å². The summed E-state index contributed by atoms with van der Waals surface area (Å²) >= 11 is 0. The second-order valence-corrected chi connectivity index (χ2v) is 3.80. The smallest absolute Gasteiger partial charge is 0.191 e. The topological polar surface area (TPSA) is 3.88 Å². The molecular formula is C13H12N+. The van der Waals surface area contributed by atoms with Crippen molar-refractivity contribution in [2.75, 3.05) is 0 Å². The fourth-order valence-electron chi connectivity index (χ4n) is 2.17. The summed E-state index contributed by atoms with van der Waals surface area (Å²) in [4.78, 5) is 0. The monoisotopic (exact) mass is 182 g/mol. The summed E-state index contributed by atoms with van der Waals surface area (Å²) in [6, 6.07) is 15.1. The number of hydrogen-bond acceptors (Lipinski definition) is 0. The van der Waals surface area contributed by atoms with Crippen molar-refractivity contribution in [2.45, 2.75) is 13.5 Å². The van der Waals surface area contributed by atoms with E-state index in [4.69, 9.17) is 0 Å². The molecule has 0 saturated heterocycles. The van der Waals surface area contributed by atoms with Crippen LogP contribution in [0.3, 0.4) is 0 Å². The molecule has 0 fully saturated rings. The second kappa shape index (κ2) is 2.68. The molecule has 0 bridgehead atoms. The van der Waals surface area contributed by atoms with E-state index in [-0.39, 0.29) is 0 Å². The van der Waals surface area contributed by atoms with Gasteiger partial charge in [-0.3, -0.25) is 0 Å². The van der Waals surface area contributed by atoms with Gasteiger partial charge in [-0.2, -0.15) is 4.57 Å². The lowest BCUT2D eigenvalue weighted by molar-refractivity contribution is -0.678. The van der Waals surface area contributed by atoms with Gasteiger partial charge in [0.15, 0.2) is 12.2 Å². The van der Waals surface area contributed by atoms with Gasteiger partial charge in [-0.15, -0.1) is 0 Å². The van der Waals surface area contributed by atoms with E-state index >= 15 is 0 Å². The highest BCUT2D eigenvalue weighted by atomic mass is 15.0. The molecule has 68 valence electrons. The summed E-state index contributed by atoms with van der Waals surface area (Å²) in [5, 5.41) is 0. The van der Waals surface area contributed by atoms with E-state index in [0.717, 1.165) is 6.54 Å². The molecule has 0 saturated carbocycles. The van der Waals surface area contributed by atoms with E-state index in [1.54, 1.807) is 0 Å². The van der Waals surface area contributed by atoms with Crippen molar-refractivity contribution >= 4 is 0 Å². The van der Waals surface area contributed by atoms with E-state index in [1.807, 2.05) is 0 Å². The average molecular weight is 182 g/mol. The molecule has 0 amide bonds. The summed E-state index contributed by atoms with van der Waals surface area (Å²) < 4.78 is 2.37. The molecule has 14 heavy (non-hydrogen) atoms. The van der Waals surface area contributed by atoms with Gasteiger partial charge < -0.3 is 0 Å². The minimum Gasteiger partial charge on any atom is -0.191 e. The molecular weight excluding hydrogens is 170 g/mol. The van der Waals surface area contributed by atoms with E-state index < -0.39 is 0 Å². The van der Waals surface area contributed by atoms with Gasteiger partial charge in [0.05, 0.1) is 5.56 Å². The Morgan fingerprint density at radius 2 is 1.86 bits per heavy atom. The number of nitrogens with zero attached hydrogens (tertiary/aromatic N) is 1. The Morgan fingerprint density at radius 1 is 1.00 bits per heavy atom. The fourth-order valence-corrected chi connectivity index (χ4v) is 2.17. The van der Waals surface area contributed by atoms with Crippen molar-refractivity contribution in [3.63, 3.8) is 0 Å². The molecule has 2 heterocycles. The summed E-state index contributed by atoms with van der Waals surface area (Å²) in [6.07, 6.45) is 0. The maximum Gasteiger partial charge on any atom is 0.213 e. The number of hydrogen-bond donors (Lipinski definition) is 0. The fraction of sp³-hybridized carbons (Fsp3) is 0.154. The van der Waals surface area contributed by atoms with Crippen molar-refractivity contribution < 1.29 is 4.57 Å². The van der Waals surface area contributed by atoms with E-state index in [2.05, 4.69) is 54.0 Å². The van der Waals surface area contributed by atoms with Crippen LogP contribution in [0.1, 0.15) is 11.3 Å². The van der Waals surface area contributed by atoms with Gasteiger partial charge in [-0.25, -0.2) is 0 Å². The number of pyridine rings is 1. The van der Waals surface area contributed by atoms with Crippen LogP contribution < -0.4 is 4.57 Å². The molecule has 0 spiro atoms. The molecule has 1 heteroatoms. The van der Waals surface area contributed by atoms with Crippen LogP contribution in [0.5, 0.6) is 0 Å². The minimum absolute atomic E-state index is 1.03. The Balaban J connectivity index is 2.33. The Bertz CT molecular complexity index is 500. The molecule has 0 N–H and O–H groups in total. The molecule has 1 aliphatic heterocycles. The third-order valence-electron chi connectivity index (χ3n) is 2.93. The zero-order valence-corrected chi connectivity index (χ0v) is 8.20. The third-order valence-corrected chi connectivity index (χ3v) is 2.93. The first-order valence-electron chi connectivity index (χ1n) is 4.94. The van der Waals surface area contributed by atoms with Crippen molar-refractivity contribution in [2.24, 2.45) is 0 Å². The number of benzene rings is 1. The van der Waals surface area contributed by atoms with E-state index in [1.165, 1.54) is 22.5 Å². The van der Waals surface area contributed by atoms with Gasteiger partial charge in [0.2, 0.25) is 5.69 Å².